The molecular weight excluding hydrogens is 470 g/mol. The molecule has 0 bridgehead atoms. The number of hydrogen-bond acceptors (Lipinski definition) is 5. The Morgan fingerprint density at radius 3 is 2.85 bits per heavy atom. The summed E-state index contributed by atoms with van der Waals surface area (Å²) < 4.78 is 10.9. The van der Waals surface area contributed by atoms with Gasteiger partial charge in [-0.05, 0) is 91.0 Å². The lowest BCUT2D eigenvalue weighted by Gasteiger charge is -2.49. The van der Waals surface area contributed by atoms with E-state index in [1.165, 1.54) is 16.0 Å². The molecule has 1 aromatic heterocycles. The highest BCUT2D eigenvalue weighted by molar-refractivity contribution is 7.17. The number of benzene rings is 1. The molecule has 5 nitrogen and oxygen atoms in total. The zero-order valence-electron chi connectivity index (χ0n) is 20.0. The minimum atomic E-state index is -0.328. The van der Waals surface area contributed by atoms with Crippen LogP contribution >= 0.6 is 22.9 Å². The minimum Gasteiger partial charge on any atom is -0.497 e. The number of methoxy groups -OCH3 is 1. The highest BCUT2D eigenvalue weighted by Gasteiger charge is 2.55. The summed E-state index contributed by atoms with van der Waals surface area (Å²) in [6.45, 7) is 4.47. The van der Waals surface area contributed by atoms with Crippen LogP contribution in [0, 0.1) is 11.8 Å². The third-order valence-corrected chi connectivity index (χ3v) is 9.65. The fourth-order valence-corrected chi connectivity index (χ4v) is 8.45. The summed E-state index contributed by atoms with van der Waals surface area (Å²) in [7, 11) is 1.73. The van der Waals surface area contributed by atoms with Gasteiger partial charge in [-0.1, -0.05) is 13.0 Å². The minimum absolute atomic E-state index is 0.0888. The molecule has 182 valence electrons. The van der Waals surface area contributed by atoms with Gasteiger partial charge in [-0.3, -0.25) is 4.79 Å². The first-order valence-electron chi connectivity index (χ1n) is 12.3. The monoisotopic (exact) mass is 501 g/mol. The number of anilines is 1. The number of halogens is 1. The number of thiophene rings is 1. The predicted molar refractivity (Wildman–Crippen MR) is 136 cm³/mol. The number of alkyl halides is 1. The molecule has 1 amide bonds. The standard InChI is InChI=1S/C27H32ClNO4S/c1-4-33-26(31)23-24-21(34-25(23)29-22(30)10-12-28)14-20-19-7-5-15-13-16(32-3)6-8-17(15)18(19)9-11-27(20,24)2/h6,8,13,18-20H,4-5,7,9-12,14H2,1-3H3,(H,29,30)/t18-,19-,20-,27-/m1/s1. The molecular formula is C27H32ClNO4S. The maximum Gasteiger partial charge on any atom is 0.341 e. The second kappa shape index (κ2) is 9.19. The van der Waals surface area contributed by atoms with Crippen molar-refractivity contribution in [2.45, 2.75) is 63.7 Å². The SMILES string of the molecule is CCOC(=O)c1c(NC(=O)CCCl)sc2c1[C@]1(C)CC[C@@H]3c4ccc(OC)cc4CC[C@H]3[C@H]1C2. The highest BCUT2D eigenvalue weighted by atomic mass is 35.5. The Morgan fingerprint density at radius 2 is 2.12 bits per heavy atom. The van der Waals surface area contributed by atoms with Crippen molar-refractivity contribution in [2.24, 2.45) is 11.8 Å². The molecule has 3 aliphatic rings. The molecule has 2 aromatic rings. The zero-order chi connectivity index (χ0) is 24.0. The highest BCUT2D eigenvalue weighted by Crippen LogP contribution is 2.63. The molecule has 0 unspecified atom stereocenters. The van der Waals surface area contributed by atoms with E-state index >= 15 is 0 Å². The third kappa shape index (κ3) is 3.74. The van der Waals surface area contributed by atoms with Gasteiger partial charge in [-0.2, -0.15) is 0 Å². The largest absolute Gasteiger partial charge is 0.497 e. The average Bonchev–Trinajstić information content (AvgIpc) is 3.32. The first-order chi connectivity index (χ1) is 16.4. The third-order valence-electron chi connectivity index (χ3n) is 8.33. The number of carbonyl (C=O) groups excluding carboxylic acids is 2. The van der Waals surface area contributed by atoms with Crippen molar-refractivity contribution in [3.8, 4) is 5.75 Å². The van der Waals surface area contributed by atoms with Gasteiger partial charge in [0.1, 0.15) is 10.8 Å². The molecule has 0 aliphatic heterocycles. The van der Waals surface area contributed by atoms with Gasteiger partial charge in [-0.15, -0.1) is 22.9 Å². The van der Waals surface area contributed by atoms with Gasteiger partial charge in [0.15, 0.2) is 0 Å². The second-order valence-electron chi connectivity index (χ2n) is 9.95. The van der Waals surface area contributed by atoms with Crippen LogP contribution in [0.5, 0.6) is 5.75 Å². The molecule has 0 radical (unpaired) electrons. The van der Waals surface area contributed by atoms with Crippen molar-refractivity contribution in [3.63, 3.8) is 0 Å². The van der Waals surface area contributed by atoms with Crippen molar-refractivity contribution >= 4 is 39.8 Å². The number of nitrogens with one attached hydrogen (secondary N) is 1. The summed E-state index contributed by atoms with van der Waals surface area (Å²) in [6.07, 6.45) is 5.53. The number of carbonyl (C=O) groups is 2. The molecule has 0 saturated heterocycles. The normalized spacial score (nSPS) is 26.6. The molecule has 4 atom stereocenters. The molecule has 7 heteroatoms. The topological polar surface area (TPSA) is 64.6 Å². The number of fused-ring (bicyclic) bond motifs is 7. The van der Waals surface area contributed by atoms with Crippen LogP contribution in [0.1, 0.15) is 77.4 Å². The summed E-state index contributed by atoms with van der Waals surface area (Å²) in [5, 5.41) is 3.58. The van der Waals surface area contributed by atoms with Gasteiger partial charge in [0, 0.05) is 17.2 Å². The van der Waals surface area contributed by atoms with E-state index in [2.05, 4.69) is 30.4 Å². The van der Waals surface area contributed by atoms with Gasteiger partial charge in [0.05, 0.1) is 19.3 Å². The molecule has 1 saturated carbocycles. The number of hydrogen-bond donors (Lipinski definition) is 1. The van der Waals surface area contributed by atoms with E-state index in [9.17, 15) is 9.59 Å². The molecule has 1 N–H and O–H groups in total. The Hall–Kier alpha value is -2.05. The molecule has 1 aromatic carbocycles. The Labute approximate surface area is 210 Å². The van der Waals surface area contributed by atoms with Gasteiger partial charge in [0.2, 0.25) is 5.91 Å². The number of esters is 1. The van der Waals surface area contributed by atoms with Crippen LogP contribution in [0.2, 0.25) is 0 Å². The smallest absolute Gasteiger partial charge is 0.341 e. The van der Waals surface area contributed by atoms with Crippen molar-refractivity contribution in [3.05, 3.63) is 45.3 Å². The lowest BCUT2D eigenvalue weighted by atomic mass is 9.54. The quantitative estimate of drug-likeness (QED) is 0.385. The Morgan fingerprint density at radius 1 is 1.29 bits per heavy atom. The molecule has 1 fully saturated rings. The van der Waals surface area contributed by atoms with E-state index in [0.717, 1.165) is 43.4 Å². The summed E-state index contributed by atoms with van der Waals surface area (Å²) in [5.74, 6) is 2.32. The van der Waals surface area contributed by atoms with Crippen LogP contribution in [0.25, 0.3) is 0 Å². The van der Waals surface area contributed by atoms with Gasteiger partial charge in [-0.25, -0.2) is 4.79 Å². The van der Waals surface area contributed by atoms with Crippen molar-refractivity contribution in [1.82, 2.24) is 0 Å². The Balaban J connectivity index is 1.50. The van der Waals surface area contributed by atoms with Crippen molar-refractivity contribution in [1.29, 1.82) is 0 Å². The Bertz CT molecular complexity index is 1130. The molecule has 3 aliphatic carbocycles. The molecule has 0 spiro atoms. The number of amides is 1. The van der Waals surface area contributed by atoms with E-state index in [4.69, 9.17) is 21.1 Å². The van der Waals surface area contributed by atoms with Crippen LogP contribution < -0.4 is 10.1 Å². The van der Waals surface area contributed by atoms with Crippen LogP contribution in [-0.4, -0.2) is 31.5 Å². The van der Waals surface area contributed by atoms with Crippen LogP contribution in [0.4, 0.5) is 5.00 Å². The van der Waals surface area contributed by atoms with Gasteiger partial charge in [0.25, 0.3) is 0 Å². The fourth-order valence-electron chi connectivity index (χ4n) is 6.88. The number of ether oxygens (including phenoxy) is 2. The second-order valence-corrected chi connectivity index (χ2v) is 11.4. The van der Waals surface area contributed by atoms with Gasteiger partial charge < -0.3 is 14.8 Å². The van der Waals surface area contributed by atoms with E-state index in [1.807, 2.05) is 6.92 Å². The maximum absolute atomic E-state index is 13.1. The molecule has 1 heterocycles. The predicted octanol–water partition coefficient (Wildman–Crippen LogP) is 6.07. The van der Waals surface area contributed by atoms with E-state index in [0.29, 0.717) is 34.9 Å². The van der Waals surface area contributed by atoms with E-state index < -0.39 is 0 Å². The van der Waals surface area contributed by atoms with Crippen LogP contribution in [-0.2, 0) is 27.8 Å². The summed E-state index contributed by atoms with van der Waals surface area (Å²) in [6, 6.07) is 6.57. The van der Waals surface area contributed by atoms with Gasteiger partial charge >= 0.3 is 5.97 Å². The maximum atomic E-state index is 13.1. The number of rotatable bonds is 6. The summed E-state index contributed by atoms with van der Waals surface area (Å²) in [4.78, 5) is 26.7. The first kappa shape index (κ1) is 23.7. The van der Waals surface area contributed by atoms with E-state index in [1.54, 1.807) is 18.4 Å². The molecule has 5 rings (SSSR count). The lowest BCUT2D eigenvalue weighted by molar-refractivity contribution is -0.115. The summed E-state index contributed by atoms with van der Waals surface area (Å²) in [5.41, 5.74) is 4.52. The Kier molecular flexibility index (Phi) is 6.40. The van der Waals surface area contributed by atoms with Crippen LogP contribution in [0.15, 0.2) is 18.2 Å². The van der Waals surface area contributed by atoms with E-state index in [-0.39, 0.29) is 29.6 Å². The number of aryl methyl sites for hydroxylation is 1. The first-order valence-corrected chi connectivity index (χ1v) is 13.6. The lowest BCUT2D eigenvalue weighted by Crippen LogP contribution is -2.43. The van der Waals surface area contributed by atoms with Crippen molar-refractivity contribution < 1.29 is 19.1 Å². The summed E-state index contributed by atoms with van der Waals surface area (Å²) >= 11 is 7.32. The zero-order valence-corrected chi connectivity index (χ0v) is 21.6. The van der Waals surface area contributed by atoms with Crippen molar-refractivity contribution in [2.75, 3.05) is 24.9 Å². The van der Waals surface area contributed by atoms with Crippen LogP contribution in [0.3, 0.4) is 0 Å². The fraction of sp³-hybridized carbons (Fsp3) is 0.556. The average molecular weight is 502 g/mol. The molecule has 34 heavy (non-hydrogen) atoms.